The molecular weight excluding hydrogens is 546 g/mol. The lowest BCUT2D eigenvalue weighted by Crippen LogP contribution is -2.47. The van der Waals surface area contributed by atoms with Crippen LogP contribution in [0.5, 0.6) is 5.75 Å². The minimum Gasteiger partial charge on any atom is -0.486 e. The number of hydrogen-bond donors (Lipinski definition) is 0. The number of nitriles is 1. The summed E-state index contributed by atoms with van der Waals surface area (Å²) in [5.41, 5.74) is 1.08. The van der Waals surface area contributed by atoms with Crippen molar-refractivity contribution < 1.29 is 19.1 Å². The molecular formula is C23H21Br2NO4S. The number of benzene rings is 2. The molecule has 0 radical (unpaired) electrons. The average Bonchev–Trinajstić information content (AvgIpc) is 2.74. The molecule has 162 valence electrons. The Morgan fingerprint density at radius 2 is 1.94 bits per heavy atom. The SMILES string of the molecule is CC(CSC(=O)c1ccc(Br)cc1)C(=O)O[C@H]1c2cc(C#N)ccc2OC(C)(C)[C@@H]1Br. The van der Waals surface area contributed by atoms with Gasteiger partial charge in [0.15, 0.2) is 0 Å². The molecule has 0 fully saturated rings. The van der Waals surface area contributed by atoms with Crippen LogP contribution < -0.4 is 4.74 Å². The van der Waals surface area contributed by atoms with Crippen molar-refractivity contribution in [3.05, 3.63) is 63.6 Å². The molecule has 3 atom stereocenters. The molecule has 1 aliphatic rings. The van der Waals surface area contributed by atoms with Crippen molar-refractivity contribution in [3.63, 3.8) is 0 Å². The predicted molar refractivity (Wildman–Crippen MR) is 128 cm³/mol. The second-order valence-corrected chi connectivity index (χ2v) is 10.7. The van der Waals surface area contributed by atoms with E-state index in [1.54, 1.807) is 37.3 Å². The van der Waals surface area contributed by atoms with E-state index in [-0.39, 0.29) is 9.94 Å². The van der Waals surface area contributed by atoms with Crippen LogP contribution in [-0.4, -0.2) is 27.3 Å². The molecule has 1 aliphatic heterocycles. The Bertz CT molecular complexity index is 1030. The summed E-state index contributed by atoms with van der Waals surface area (Å²) in [5.74, 6) is -0.00237. The topological polar surface area (TPSA) is 76.4 Å². The molecule has 0 spiro atoms. The van der Waals surface area contributed by atoms with Crippen molar-refractivity contribution in [3.8, 4) is 11.8 Å². The molecule has 0 aliphatic carbocycles. The summed E-state index contributed by atoms with van der Waals surface area (Å²) in [7, 11) is 0. The number of ether oxygens (including phenoxy) is 2. The first-order valence-corrected chi connectivity index (χ1v) is 12.3. The van der Waals surface area contributed by atoms with Crippen LogP contribution in [0.3, 0.4) is 0 Å². The normalized spacial score (nSPS) is 20.0. The van der Waals surface area contributed by atoms with E-state index in [1.165, 1.54) is 0 Å². The number of nitrogens with zero attached hydrogens (tertiary/aromatic N) is 1. The van der Waals surface area contributed by atoms with E-state index in [0.717, 1.165) is 16.2 Å². The van der Waals surface area contributed by atoms with Gasteiger partial charge in [-0.1, -0.05) is 50.5 Å². The zero-order chi connectivity index (χ0) is 22.8. The van der Waals surface area contributed by atoms with Gasteiger partial charge in [-0.15, -0.1) is 0 Å². The van der Waals surface area contributed by atoms with Crippen LogP contribution in [0.15, 0.2) is 46.9 Å². The Balaban J connectivity index is 1.70. The second-order valence-electron chi connectivity index (χ2n) is 7.84. The van der Waals surface area contributed by atoms with Gasteiger partial charge in [-0.25, -0.2) is 0 Å². The lowest BCUT2D eigenvalue weighted by Gasteiger charge is -2.41. The van der Waals surface area contributed by atoms with Crippen LogP contribution in [0, 0.1) is 17.2 Å². The van der Waals surface area contributed by atoms with Gasteiger partial charge < -0.3 is 9.47 Å². The number of rotatable bonds is 5. The third kappa shape index (κ3) is 5.51. The number of thioether (sulfide) groups is 1. The number of carbonyl (C=O) groups is 2. The third-order valence-corrected chi connectivity index (χ3v) is 8.21. The minimum absolute atomic E-state index is 0.0956. The maximum atomic E-state index is 12.8. The second kappa shape index (κ2) is 9.76. The highest BCUT2D eigenvalue weighted by molar-refractivity contribution is 9.10. The van der Waals surface area contributed by atoms with Crippen molar-refractivity contribution in [1.82, 2.24) is 0 Å². The maximum absolute atomic E-state index is 12.8. The van der Waals surface area contributed by atoms with Crippen LogP contribution in [0.4, 0.5) is 0 Å². The molecule has 8 heteroatoms. The smallest absolute Gasteiger partial charge is 0.310 e. The summed E-state index contributed by atoms with van der Waals surface area (Å²) < 4.78 is 12.8. The molecule has 2 aromatic rings. The summed E-state index contributed by atoms with van der Waals surface area (Å²) in [5, 5.41) is 9.15. The molecule has 1 unspecified atom stereocenters. The lowest BCUT2D eigenvalue weighted by atomic mass is 9.90. The zero-order valence-corrected chi connectivity index (χ0v) is 21.2. The Labute approximate surface area is 202 Å². The molecule has 0 bridgehead atoms. The van der Waals surface area contributed by atoms with Crippen molar-refractivity contribution in [1.29, 1.82) is 5.26 Å². The van der Waals surface area contributed by atoms with E-state index in [9.17, 15) is 14.9 Å². The number of esters is 1. The maximum Gasteiger partial charge on any atom is 0.310 e. The molecule has 0 aromatic heterocycles. The number of carbonyl (C=O) groups excluding carboxylic acids is 2. The molecule has 2 aromatic carbocycles. The van der Waals surface area contributed by atoms with Crippen molar-refractivity contribution in [2.45, 2.75) is 37.3 Å². The van der Waals surface area contributed by atoms with Gasteiger partial charge in [-0.05, 0) is 56.3 Å². The average molecular weight is 567 g/mol. The quantitative estimate of drug-likeness (QED) is 0.324. The number of alkyl halides is 1. The van der Waals surface area contributed by atoms with Gasteiger partial charge in [0.1, 0.15) is 17.5 Å². The predicted octanol–water partition coefficient (Wildman–Crippen LogP) is 6.05. The Kier molecular flexibility index (Phi) is 7.51. The summed E-state index contributed by atoms with van der Waals surface area (Å²) in [6.45, 7) is 5.56. The van der Waals surface area contributed by atoms with Gasteiger partial charge in [-0.2, -0.15) is 5.26 Å². The minimum atomic E-state index is -0.623. The molecule has 1 heterocycles. The highest BCUT2D eigenvalue weighted by atomic mass is 79.9. The summed E-state index contributed by atoms with van der Waals surface area (Å²) in [4.78, 5) is 24.9. The highest BCUT2D eigenvalue weighted by Crippen LogP contribution is 2.45. The number of halogens is 2. The van der Waals surface area contributed by atoms with Gasteiger partial charge in [0.05, 0.1) is 22.4 Å². The van der Waals surface area contributed by atoms with Crippen LogP contribution in [0.25, 0.3) is 0 Å². The Morgan fingerprint density at radius 3 is 2.58 bits per heavy atom. The molecule has 3 rings (SSSR count). The van der Waals surface area contributed by atoms with Gasteiger partial charge in [0.2, 0.25) is 5.12 Å². The summed E-state index contributed by atoms with van der Waals surface area (Å²) >= 11 is 8.06. The molecule has 31 heavy (non-hydrogen) atoms. The number of fused-ring (bicyclic) bond motifs is 1. The molecule has 5 nitrogen and oxygen atoms in total. The fourth-order valence-electron chi connectivity index (χ4n) is 3.10. The fraction of sp³-hybridized carbons (Fsp3) is 0.348. The van der Waals surface area contributed by atoms with Gasteiger partial charge in [0, 0.05) is 21.4 Å². The van der Waals surface area contributed by atoms with Gasteiger partial charge >= 0.3 is 5.97 Å². The van der Waals surface area contributed by atoms with E-state index in [1.807, 2.05) is 26.0 Å². The van der Waals surface area contributed by atoms with E-state index in [0.29, 0.717) is 28.2 Å². The highest BCUT2D eigenvalue weighted by Gasteiger charge is 2.45. The van der Waals surface area contributed by atoms with E-state index >= 15 is 0 Å². The van der Waals surface area contributed by atoms with E-state index in [4.69, 9.17) is 9.47 Å². The Morgan fingerprint density at radius 1 is 1.26 bits per heavy atom. The van der Waals surface area contributed by atoms with Crippen LogP contribution in [-0.2, 0) is 9.53 Å². The Hall–Kier alpha value is -1.82. The van der Waals surface area contributed by atoms with Crippen LogP contribution in [0.2, 0.25) is 0 Å². The zero-order valence-electron chi connectivity index (χ0n) is 17.2. The third-order valence-electron chi connectivity index (χ3n) is 4.94. The van der Waals surface area contributed by atoms with Gasteiger partial charge in [-0.3, -0.25) is 9.59 Å². The summed E-state index contributed by atoms with van der Waals surface area (Å²) in [6.07, 6.45) is -0.617. The molecule has 0 amide bonds. The molecule has 0 saturated heterocycles. The van der Waals surface area contributed by atoms with E-state index < -0.39 is 23.6 Å². The first-order chi connectivity index (χ1) is 14.6. The number of hydrogen-bond acceptors (Lipinski definition) is 6. The van der Waals surface area contributed by atoms with Gasteiger partial charge in [0.25, 0.3) is 0 Å². The first-order valence-electron chi connectivity index (χ1n) is 9.62. The van der Waals surface area contributed by atoms with Crippen molar-refractivity contribution >= 4 is 54.7 Å². The lowest BCUT2D eigenvalue weighted by molar-refractivity contribution is -0.156. The van der Waals surface area contributed by atoms with Crippen LogP contribution in [0.1, 0.15) is 48.4 Å². The molecule has 0 N–H and O–H groups in total. The first kappa shape index (κ1) is 23.8. The van der Waals surface area contributed by atoms with Crippen molar-refractivity contribution in [2.75, 3.05) is 5.75 Å². The van der Waals surface area contributed by atoms with E-state index in [2.05, 4.69) is 37.9 Å². The van der Waals surface area contributed by atoms with Crippen molar-refractivity contribution in [2.24, 2.45) is 5.92 Å². The summed E-state index contributed by atoms with van der Waals surface area (Å²) in [6, 6.07) is 14.3. The fourth-order valence-corrected chi connectivity index (χ4v) is 4.69. The standard InChI is InChI=1S/C23H21Br2NO4S/c1-13(12-31-22(28)15-5-7-16(24)8-6-15)21(27)29-19-17-10-14(11-26)4-9-18(17)30-23(2,3)20(19)25/h4-10,13,19-20H,12H2,1-3H3/t13?,19-,20+/m0/s1. The van der Waals surface area contributed by atoms with Crippen LogP contribution >= 0.6 is 43.6 Å². The molecule has 0 saturated carbocycles. The largest absolute Gasteiger partial charge is 0.486 e. The monoisotopic (exact) mass is 565 g/mol.